The van der Waals surface area contributed by atoms with Crippen LogP contribution in [0.4, 0.5) is 0 Å². The molecule has 0 spiro atoms. The van der Waals surface area contributed by atoms with E-state index in [1.807, 2.05) is 25.1 Å². The standard InChI is InChI=1S/C15H15BrN2O2/c1-3-18-9-8-13(17-18)14(19)6-4-11-10-12(16)5-7-15(11)20-2/h4-10H,3H2,1-2H3/b6-4+. The van der Waals surface area contributed by atoms with Crippen LogP contribution >= 0.6 is 15.9 Å². The Morgan fingerprint density at radius 2 is 2.25 bits per heavy atom. The van der Waals surface area contributed by atoms with Crippen LogP contribution < -0.4 is 4.74 Å². The highest BCUT2D eigenvalue weighted by Gasteiger charge is 2.06. The minimum absolute atomic E-state index is 0.126. The van der Waals surface area contributed by atoms with E-state index >= 15 is 0 Å². The molecule has 0 aliphatic rings. The van der Waals surface area contributed by atoms with Gasteiger partial charge in [-0.05, 0) is 43.3 Å². The minimum Gasteiger partial charge on any atom is -0.496 e. The molecule has 2 rings (SSSR count). The lowest BCUT2D eigenvalue weighted by molar-refractivity contribution is 0.104. The van der Waals surface area contributed by atoms with E-state index in [9.17, 15) is 4.79 Å². The topological polar surface area (TPSA) is 44.1 Å². The third kappa shape index (κ3) is 3.36. The van der Waals surface area contributed by atoms with E-state index in [2.05, 4.69) is 21.0 Å². The Kier molecular flexibility index (Phi) is 4.74. The summed E-state index contributed by atoms with van der Waals surface area (Å²) in [5.74, 6) is 0.593. The SMILES string of the molecule is CCn1ccc(C(=O)/C=C/c2cc(Br)ccc2OC)n1. The second-order valence-corrected chi connectivity index (χ2v) is 5.06. The Morgan fingerprint density at radius 1 is 1.45 bits per heavy atom. The molecule has 0 N–H and O–H groups in total. The van der Waals surface area contributed by atoms with Crippen molar-refractivity contribution < 1.29 is 9.53 Å². The van der Waals surface area contributed by atoms with E-state index in [0.29, 0.717) is 5.69 Å². The van der Waals surface area contributed by atoms with Gasteiger partial charge in [-0.2, -0.15) is 5.10 Å². The average molecular weight is 335 g/mol. The van der Waals surface area contributed by atoms with Gasteiger partial charge in [0.2, 0.25) is 5.78 Å². The molecule has 0 fully saturated rings. The molecule has 4 nitrogen and oxygen atoms in total. The summed E-state index contributed by atoms with van der Waals surface area (Å²) in [5.41, 5.74) is 1.28. The van der Waals surface area contributed by atoms with E-state index in [0.717, 1.165) is 22.3 Å². The van der Waals surface area contributed by atoms with Gasteiger partial charge in [0, 0.05) is 22.8 Å². The van der Waals surface area contributed by atoms with E-state index in [1.165, 1.54) is 6.08 Å². The molecule has 1 heterocycles. The van der Waals surface area contributed by atoms with Crippen LogP contribution in [0.5, 0.6) is 5.75 Å². The number of allylic oxidation sites excluding steroid dienone is 1. The summed E-state index contributed by atoms with van der Waals surface area (Å²) < 4.78 is 7.91. The Bertz CT molecular complexity index is 647. The quantitative estimate of drug-likeness (QED) is 0.620. The summed E-state index contributed by atoms with van der Waals surface area (Å²) in [5, 5.41) is 4.18. The van der Waals surface area contributed by atoms with Crippen molar-refractivity contribution in [3.8, 4) is 5.75 Å². The van der Waals surface area contributed by atoms with Gasteiger partial charge in [0.15, 0.2) is 0 Å². The zero-order valence-corrected chi connectivity index (χ0v) is 12.9. The summed E-state index contributed by atoms with van der Waals surface area (Å²) in [4.78, 5) is 12.0. The van der Waals surface area contributed by atoms with Crippen molar-refractivity contribution in [1.82, 2.24) is 9.78 Å². The van der Waals surface area contributed by atoms with Gasteiger partial charge in [0.1, 0.15) is 11.4 Å². The van der Waals surface area contributed by atoms with Crippen LogP contribution in [0.2, 0.25) is 0 Å². The number of carbonyl (C=O) groups is 1. The lowest BCUT2D eigenvalue weighted by Crippen LogP contribution is -2.00. The molecular weight excluding hydrogens is 320 g/mol. The molecule has 1 aromatic heterocycles. The van der Waals surface area contributed by atoms with Crippen molar-refractivity contribution in [2.75, 3.05) is 7.11 Å². The fourth-order valence-corrected chi connectivity index (χ4v) is 2.13. The monoisotopic (exact) mass is 334 g/mol. The van der Waals surface area contributed by atoms with Crippen LogP contribution in [0.15, 0.2) is 41.0 Å². The van der Waals surface area contributed by atoms with Crippen molar-refractivity contribution in [3.05, 3.63) is 52.3 Å². The van der Waals surface area contributed by atoms with Crippen LogP contribution in [-0.2, 0) is 6.54 Å². The summed E-state index contributed by atoms with van der Waals surface area (Å²) in [7, 11) is 1.60. The number of methoxy groups -OCH3 is 1. The number of halogens is 1. The molecule has 0 radical (unpaired) electrons. The predicted molar refractivity (Wildman–Crippen MR) is 82.0 cm³/mol. The molecule has 0 aliphatic heterocycles. The Hall–Kier alpha value is -1.88. The molecule has 0 saturated heterocycles. The maximum absolute atomic E-state index is 12.0. The Labute approximate surface area is 126 Å². The van der Waals surface area contributed by atoms with Crippen LogP contribution in [0.25, 0.3) is 6.08 Å². The molecule has 0 bridgehead atoms. The normalized spacial score (nSPS) is 10.9. The van der Waals surface area contributed by atoms with Crippen molar-refractivity contribution in [3.63, 3.8) is 0 Å². The van der Waals surface area contributed by atoms with E-state index < -0.39 is 0 Å². The number of aryl methyl sites for hydroxylation is 1. The summed E-state index contributed by atoms with van der Waals surface area (Å²) >= 11 is 3.40. The fraction of sp³-hybridized carbons (Fsp3) is 0.200. The number of rotatable bonds is 5. The molecule has 0 atom stereocenters. The fourth-order valence-electron chi connectivity index (χ4n) is 1.76. The highest BCUT2D eigenvalue weighted by atomic mass is 79.9. The predicted octanol–water partition coefficient (Wildman–Crippen LogP) is 3.57. The Morgan fingerprint density at radius 3 is 2.90 bits per heavy atom. The molecule has 0 saturated carbocycles. The molecule has 20 heavy (non-hydrogen) atoms. The zero-order chi connectivity index (χ0) is 14.5. The van der Waals surface area contributed by atoms with Crippen LogP contribution in [0.3, 0.4) is 0 Å². The van der Waals surface area contributed by atoms with Gasteiger partial charge >= 0.3 is 0 Å². The molecule has 5 heteroatoms. The van der Waals surface area contributed by atoms with Gasteiger partial charge in [-0.25, -0.2) is 0 Å². The first-order valence-electron chi connectivity index (χ1n) is 6.23. The van der Waals surface area contributed by atoms with Gasteiger partial charge in [-0.15, -0.1) is 0 Å². The number of aromatic nitrogens is 2. The van der Waals surface area contributed by atoms with Crippen LogP contribution in [-0.4, -0.2) is 22.7 Å². The summed E-state index contributed by atoms with van der Waals surface area (Å²) in [6.45, 7) is 2.72. The largest absolute Gasteiger partial charge is 0.496 e. The second kappa shape index (κ2) is 6.52. The van der Waals surface area contributed by atoms with Gasteiger partial charge in [-0.3, -0.25) is 9.48 Å². The number of benzene rings is 1. The average Bonchev–Trinajstić information content (AvgIpc) is 2.94. The third-order valence-electron chi connectivity index (χ3n) is 2.82. The third-order valence-corrected chi connectivity index (χ3v) is 3.32. The summed E-state index contributed by atoms with van der Waals surface area (Å²) in [6.07, 6.45) is 5.03. The molecular formula is C15H15BrN2O2. The van der Waals surface area contributed by atoms with Crippen molar-refractivity contribution >= 4 is 27.8 Å². The summed E-state index contributed by atoms with van der Waals surface area (Å²) in [6, 6.07) is 7.35. The number of nitrogens with zero attached hydrogens (tertiary/aromatic N) is 2. The van der Waals surface area contributed by atoms with Crippen molar-refractivity contribution in [1.29, 1.82) is 0 Å². The van der Waals surface area contributed by atoms with Gasteiger partial charge in [0.25, 0.3) is 0 Å². The first kappa shape index (κ1) is 14.5. The first-order valence-corrected chi connectivity index (χ1v) is 7.02. The van der Waals surface area contributed by atoms with Gasteiger partial charge in [0.05, 0.1) is 7.11 Å². The lowest BCUT2D eigenvalue weighted by atomic mass is 10.1. The highest BCUT2D eigenvalue weighted by molar-refractivity contribution is 9.10. The number of carbonyl (C=O) groups excluding carboxylic acids is 1. The second-order valence-electron chi connectivity index (χ2n) is 4.14. The zero-order valence-electron chi connectivity index (χ0n) is 11.3. The molecule has 0 aliphatic carbocycles. The number of hydrogen-bond acceptors (Lipinski definition) is 3. The highest BCUT2D eigenvalue weighted by Crippen LogP contribution is 2.24. The Balaban J connectivity index is 2.20. The molecule has 2 aromatic rings. The first-order chi connectivity index (χ1) is 9.63. The molecule has 0 amide bonds. The number of hydrogen-bond donors (Lipinski definition) is 0. The minimum atomic E-state index is -0.126. The molecule has 0 unspecified atom stereocenters. The number of ether oxygens (including phenoxy) is 1. The van der Waals surface area contributed by atoms with E-state index in [4.69, 9.17) is 4.74 Å². The van der Waals surface area contributed by atoms with Crippen molar-refractivity contribution in [2.45, 2.75) is 13.5 Å². The lowest BCUT2D eigenvalue weighted by Gasteiger charge is -2.04. The molecule has 104 valence electrons. The van der Waals surface area contributed by atoms with Gasteiger partial charge < -0.3 is 4.74 Å². The van der Waals surface area contributed by atoms with E-state index in [-0.39, 0.29) is 5.78 Å². The van der Waals surface area contributed by atoms with E-state index in [1.54, 1.807) is 30.1 Å². The van der Waals surface area contributed by atoms with Gasteiger partial charge in [-0.1, -0.05) is 15.9 Å². The van der Waals surface area contributed by atoms with Crippen LogP contribution in [0.1, 0.15) is 23.0 Å². The smallest absolute Gasteiger partial charge is 0.206 e. The van der Waals surface area contributed by atoms with Crippen LogP contribution in [0, 0.1) is 0 Å². The maximum Gasteiger partial charge on any atom is 0.206 e. The van der Waals surface area contributed by atoms with Crippen molar-refractivity contribution in [2.24, 2.45) is 0 Å². The number of ketones is 1. The maximum atomic E-state index is 12.0. The molecule has 1 aromatic carbocycles.